The van der Waals surface area contributed by atoms with Crippen molar-refractivity contribution in [1.82, 2.24) is 0 Å². The summed E-state index contributed by atoms with van der Waals surface area (Å²) in [6.07, 6.45) is -2.82. The van der Waals surface area contributed by atoms with Gasteiger partial charge in [-0.15, -0.1) is 0 Å². The van der Waals surface area contributed by atoms with Crippen LogP contribution in [0.3, 0.4) is 0 Å². The number of carbonyl (C=O) groups is 2. The van der Waals surface area contributed by atoms with E-state index in [2.05, 4.69) is 5.32 Å². The van der Waals surface area contributed by atoms with Gasteiger partial charge in [0, 0.05) is 18.7 Å². The number of carboxylic acids is 1. The molecule has 1 saturated heterocycles. The van der Waals surface area contributed by atoms with Crippen LogP contribution < -0.4 is 10.2 Å². The largest absolute Gasteiger partial charge is 0.481 e. The molecule has 160 valence electrons. The minimum atomic E-state index is -4.49. The van der Waals surface area contributed by atoms with Gasteiger partial charge in [0.05, 0.1) is 16.3 Å². The summed E-state index contributed by atoms with van der Waals surface area (Å²) in [4.78, 5) is 25.2. The normalized spacial score (nSPS) is 17.1. The van der Waals surface area contributed by atoms with E-state index in [9.17, 15) is 22.8 Å². The van der Waals surface area contributed by atoms with Crippen LogP contribution >= 0.6 is 11.6 Å². The molecule has 1 fully saturated rings. The minimum absolute atomic E-state index is 0.0296. The second-order valence-corrected chi connectivity index (χ2v) is 7.49. The zero-order valence-corrected chi connectivity index (χ0v) is 16.6. The number of halogens is 4. The number of carboxylic acid groups (broad SMARTS) is 1. The van der Waals surface area contributed by atoms with Crippen LogP contribution in [0.4, 0.5) is 24.5 Å². The maximum atomic E-state index is 12.9. The summed E-state index contributed by atoms with van der Waals surface area (Å²) in [5.41, 5.74) is 0.965. The van der Waals surface area contributed by atoms with Gasteiger partial charge in [-0.05, 0) is 55.2 Å². The molecule has 5 nitrogen and oxygen atoms in total. The fourth-order valence-corrected chi connectivity index (χ4v) is 3.59. The molecule has 1 aliphatic heterocycles. The highest BCUT2D eigenvalue weighted by Gasteiger charge is 2.32. The first-order chi connectivity index (χ1) is 14.1. The second-order valence-electron chi connectivity index (χ2n) is 7.08. The summed E-state index contributed by atoms with van der Waals surface area (Å²) < 4.78 is 38.4. The Morgan fingerprint density at radius 3 is 2.50 bits per heavy atom. The van der Waals surface area contributed by atoms with E-state index in [0.717, 1.165) is 17.7 Å². The highest BCUT2D eigenvalue weighted by atomic mass is 35.5. The molecule has 0 aromatic heterocycles. The fraction of sp³-hybridized carbons (Fsp3) is 0.333. The lowest BCUT2D eigenvalue weighted by molar-refractivity contribution is -0.138. The number of nitrogens with one attached hydrogen (secondary N) is 1. The Morgan fingerprint density at radius 1 is 1.20 bits per heavy atom. The van der Waals surface area contributed by atoms with Crippen molar-refractivity contribution in [2.45, 2.75) is 37.9 Å². The predicted octanol–water partition coefficient (Wildman–Crippen LogP) is 4.98. The maximum absolute atomic E-state index is 12.9. The summed E-state index contributed by atoms with van der Waals surface area (Å²) >= 11 is 6.00. The first-order valence-corrected chi connectivity index (χ1v) is 9.78. The number of aliphatic carboxylic acids is 1. The summed E-state index contributed by atoms with van der Waals surface area (Å²) in [5.74, 6) is -1.07. The van der Waals surface area contributed by atoms with Gasteiger partial charge in [0.25, 0.3) is 0 Å². The van der Waals surface area contributed by atoms with Gasteiger partial charge in [0.1, 0.15) is 6.04 Å². The van der Waals surface area contributed by atoms with Gasteiger partial charge in [-0.3, -0.25) is 9.59 Å². The Kier molecular flexibility index (Phi) is 6.55. The van der Waals surface area contributed by atoms with E-state index in [4.69, 9.17) is 16.7 Å². The lowest BCUT2D eigenvalue weighted by atomic mass is 10.0. The molecule has 2 aromatic rings. The van der Waals surface area contributed by atoms with Crippen molar-refractivity contribution >= 4 is 34.9 Å². The smallest absolute Gasteiger partial charge is 0.416 e. The van der Waals surface area contributed by atoms with Gasteiger partial charge in [-0.1, -0.05) is 23.7 Å². The third-order valence-corrected chi connectivity index (χ3v) is 5.25. The number of aryl methyl sites for hydroxylation is 1. The molecule has 0 spiro atoms. The molecule has 1 unspecified atom stereocenters. The number of alkyl halides is 3. The summed E-state index contributed by atoms with van der Waals surface area (Å²) in [5, 5.41) is 11.6. The maximum Gasteiger partial charge on any atom is 0.416 e. The van der Waals surface area contributed by atoms with E-state index in [1.807, 2.05) is 0 Å². The first kappa shape index (κ1) is 22.0. The Morgan fingerprint density at radius 2 is 1.90 bits per heavy atom. The van der Waals surface area contributed by atoms with Crippen LogP contribution in [0.15, 0.2) is 42.5 Å². The number of benzene rings is 2. The number of hydrogen-bond donors (Lipinski definition) is 2. The van der Waals surface area contributed by atoms with Crippen LogP contribution in [-0.2, 0) is 22.2 Å². The van der Waals surface area contributed by atoms with E-state index in [0.29, 0.717) is 31.5 Å². The highest BCUT2D eigenvalue weighted by molar-refractivity contribution is 6.33. The predicted molar refractivity (Wildman–Crippen MR) is 108 cm³/mol. The van der Waals surface area contributed by atoms with Crippen molar-refractivity contribution < 1.29 is 27.9 Å². The molecule has 1 aliphatic rings. The second kappa shape index (κ2) is 8.95. The molecule has 0 bridgehead atoms. The van der Waals surface area contributed by atoms with E-state index in [1.54, 1.807) is 29.2 Å². The quantitative estimate of drug-likeness (QED) is 0.664. The molecule has 0 aliphatic carbocycles. The molecule has 2 aromatic carbocycles. The standard InChI is InChI=1S/C21H20ClF3N2O3/c22-16-12-14(21(23,24)25)6-9-17(16)26-18-2-1-11-27(20(18)30)15-7-3-13(4-8-15)5-10-19(28)29/h3-4,6-9,12,18,26H,1-2,5,10-11H2,(H,28,29). The molecule has 2 N–H and O–H groups in total. The Bertz CT molecular complexity index is 932. The van der Waals surface area contributed by atoms with Crippen molar-refractivity contribution in [1.29, 1.82) is 0 Å². The summed E-state index contributed by atoms with van der Waals surface area (Å²) in [7, 11) is 0. The van der Waals surface area contributed by atoms with E-state index < -0.39 is 23.8 Å². The third kappa shape index (κ3) is 5.24. The molecule has 0 radical (unpaired) electrons. The summed E-state index contributed by atoms with van der Waals surface area (Å²) in [6.45, 7) is 0.520. The highest BCUT2D eigenvalue weighted by Crippen LogP contribution is 2.34. The number of amides is 1. The molecular weight excluding hydrogens is 421 g/mol. The number of piperidine rings is 1. The number of nitrogens with zero attached hydrogens (tertiary/aromatic N) is 1. The van der Waals surface area contributed by atoms with Crippen molar-refractivity contribution in [3.8, 4) is 0 Å². The number of anilines is 2. The first-order valence-electron chi connectivity index (χ1n) is 9.40. The van der Waals surface area contributed by atoms with Gasteiger partial charge in [-0.25, -0.2) is 0 Å². The van der Waals surface area contributed by atoms with Crippen LogP contribution in [0.2, 0.25) is 5.02 Å². The SMILES string of the molecule is O=C(O)CCc1ccc(N2CCCC(Nc3ccc(C(F)(F)F)cc3Cl)C2=O)cc1. The zero-order valence-electron chi connectivity index (χ0n) is 15.9. The molecule has 0 saturated carbocycles. The Balaban J connectivity index is 1.70. The van der Waals surface area contributed by atoms with Crippen LogP contribution in [0, 0.1) is 0 Å². The molecule has 1 amide bonds. The monoisotopic (exact) mass is 440 g/mol. The topological polar surface area (TPSA) is 69.6 Å². The molecule has 1 heterocycles. The molecule has 1 atom stereocenters. The van der Waals surface area contributed by atoms with E-state index in [1.165, 1.54) is 6.07 Å². The molecule has 30 heavy (non-hydrogen) atoms. The van der Waals surface area contributed by atoms with Crippen LogP contribution in [-0.4, -0.2) is 29.6 Å². The van der Waals surface area contributed by atoms with Gasteiger partial charge in [0.2, 0.25) is 5.91 Å². The fourth-order valence-electron chi connectivity index (χ4n) is 3.36. The average molecular weight is 441 g/mol. The van der Waals surface area contributed by atoms with Gasteiger partial charge >= 0.3 is 12.1 Å². The number of carbonyl (C=O) groups excluding carboxylic acids is 1. The lowest BCUT2D eigenvalue weighted by Crippen LogP contribution is -2.47. The van der Waals surface area contributed by atoms with Crippen LogP contribution in [0.25, 0.3) is 0 Å². The Labute approximate surface area is 176 Å². The molecule has 9 heteroatoms. The van der Waals surface area contributed by atoms with Crippen molar-refractivity contribution in [2.75, 3.05) is 16.8 Å². The van der Waals surface area contributed by atoms with Gasteiger partial charge in [0.15, 0.2) is 0 Å². The number of rotatable bonds is 6. The average Bonchev–Trinajstić information content (AvgIpc) is 2.69. The van der Waals surface area contributed by atoms with E-state index in [-0.39, 0.29) is 23.0 Å². The van der Waals surface area contributed by atoms with Crippen LogP contribution in [0.1, 0.15) is 30.4 Å². The van der Waals surface area contributed by atoms with Crippen molar-refractivity contribution in [3.63, 3.8) is 0 Å². The Hall–Kier alpha value is -2.74. The van der Waals surface area contributed by atoms with Crippen molar-refractivity contribution in [2.24, 2.45) is 0 Å². The molecule has 3 rings (SSSR count). The minimum Gasteiger partial charge on any atom is -0.481 e. The van der Waals surface area contributed by atoms with E-state index >= 15 is 0 Å². The van der Waals surface area contributed by atoms with Gasteiger partial charge < -0.3 is 15.3 Å². The lowest BCUT2D eigenvalue weighted by Gasteiger charge is -2.33. The number of hydrogen-bond acceptors (Lipinski definition) is 3. The zero-order chi connectivity index (χ0) is 21.9. The summed E-state index contributed by atoms with van der Waals surface area (Å²) in [6, 6.07) is 9.49. The van der Waals surface area contributed by atoms with Crippen LogP contribution in [0.5, 0.6) is 0 Å². The van der Waals surface area contributed by atoms with Gasteiger partial charge in [-0.2, -0.15) is 13.2 Å². The molecular formula is C21H20ClF3N2O3. The third-order valence-electron chi connectivity index (χ3n) is 4.94. The van der Waals surface area contributed by atoms with Crippen molar-refractivity contribution in [3.05, 3.63) is 58.6 Å².